The van der Waals surface area contributed by atoms with Crippen LogP contribution in [0.4, 0.5) is 11.4 Å². The first-order valence-corrected chi connectivity index (χ1v) is 9.36. The Labute approximate surface area is 153 Å². The Morgan fingerprint density at radius 1 is 1.36 bits per heavy atom. The molecular formula is C18H27N3O3S. The van der Waals surface area contributed by atoms with Gasteiger partial charge in [-0.3, -0.25) is 10.1 Å². The molecule has 25 heavy (non-hydrogen) atoms. The van der Waals surface area contributed by atoms with Gasteiger partial charge in [-0.05, 0) is 53.2 Å². The Hall–Kier alpha value is -1.60. The molecule has 0 saturated carbocycles. The van der Waals surface area contributed by atoms with Crippen molar-refractivity contribution in [2.24, 2.45) is 4.99 Å². The van der Waals surface area contributed by atoms with E-state index in [0.717, 1.165) is 22.2 Å². The molecular weight excluding hydrogens is 338 g/mol. The normalized spacial score (nSPS) is 21.0. The zero-order valence-electron chi connectivity index (χ0n) is 16.0. The van der Waals surface area contributed by atoms with Crippen LogP contribution in [0.15, 0.2) is 17.1 Å². The highest BCUT2D eigenvalue weighted by Gasteiger charge is 2.34. The van der Waals surface area contributed by atoms with Gasteiger partial charge in [0.25, 0.3) is 5.69 Å². The second-order valence-corrected chi connectivity index (χ2v) is 8.42. The molecule has 7 heteroatoms. The largest absolute Gasteiger partial charge is 0.371 e. The fourth-order valence-corrected chi connectivity index (χ4v) is 4.24. The molecule has 2 unspecified atom stereocenters. The van der Waals surface area contributed by atoms with Gasteiger partial charge in [-0.15, -0.1) is 0 Å². The second kappa shape index (κ2) is 7.33. The third-order valence-electron chi connectivity index (χ3n) is 4.41. The highest BCUT2D eigenvalue weighted by molar-refractivity contribution is 8.14. The van der Waals surface area contributed by atoms with Gasteiger partial charge < -0.3 is 9.64 Å². The molecule has 1 saturated heterocycles. The highest BCUT2D eigenvalue weighted by atomic mass is 32.2. The number of rotatable bonds is 4. The summed E-state index contributed by atoms with van der Waals surface area (Å²) in [4.78, 5) is 17.6. The predicted molar refractivity (Wildman–Crippen MR) is 104 cm³/mol. The molecule has 0 radical (unpaired) electrons. The standard InChI is InChI=1S/C18H27N3O3S/c1-11-12(2)15(21(22)23)9-8-14(11)19-17-20(7)16(10-25-17)13(3)24-18(4,5)6/h8-9,13,16H,10H2,1-7H3. The Morgan fingerprint density at radius 3 is 2.56 bits per heavy atom. The average molecular weight is 365 g/mol. The summed E-state index contributed by atoms with van der Waals surface area (Å²) in [5, 5.41) is 12.0. The second-order valence-electron chi connectivity index (χ2n) is 7.43. The molecule has 1 aromatic carbocycles. The van der Waals surface area contributed by atoms with Gasteiger partial charge in [0.15, 0.2) is 5.17 Å². The van der Waals surface area contributed by atoms with Gasteiger partial charge in [-0.2, -0.15) is 0 Å². The van der Waals surface area contributed by atoms with Crippen LogP contribution in [0.25, 0.3) is 0 Å². The molecule has 1 heterocycles. The lowest BCUT2D eigenvalue weighted by atomic mass is 10.1. The van der Waals surface area contributed by atoms with Gasteiger partial charge in [-0.25, -0.2) is 4.99 Å². The van der Waals surface area contributed by atoms with E-state index in [1.54, 1.807) is 24.8 Å². The number of nitro groups is 1. The zero-order valence-corrected chi connectivity index (χ0v) is 16.8. The lowest BCUT2D eigenvalue weighted by Gasteiger charge is -2.32. The maximum Gasteiger partial charge on any atom is 0.272 e. The SMILES string of the molecule is Cc1c(N=C2SCC(C(C)OC(C)(C)C)N2C)ccc([N+](=O)[O-])c1C. The van der Waals surface area contributed by atoms with Crippen LogP contribution in [0.1, 0.15) is 38.8 Å². The molecule has 2 rings (SSSR count). The minimum Gasteiger partial charge on any atom is -0.371 e. The molecule has 6 nitrogen and oxygen atoms in total. The molecule has 1 aliphatic heterocycles. The van der Waals surface area contributed by atoms with Gasteiger partial charge in [0, 0.05) is 24.4 Å². The maximum absolute atomic E-state index is 11.1. The number of amidine groups is 1. The van der Waals surface area contributed by atoms with Crippen LogP contribution < -0.4 is 0 Å². The number of likely N-dealkylation sites (N-methyl/N-ethyl adjacent to an activating group) is 1. The van der Waals surface area contributed by atoms with E-state index in [1.165, 1.54) is 6.07 Å². The van der Waals surface area contributed by atoms with Crippen LogP contribution in [0, 0.1) is 24.0 Å². The van der Waals surface area contributed by atoms with Crippen LogP contribution in [0.2, 0.25) is 0 Å². The number of thioether (sulfide) groups is 1. The van der Waals surface area contributed by atoms with Crippen LogP contribution in [0.5, 0.6) is 0 Å². The molecule has 2 atom stereocenters. The molecule has 1 fully saturated rings. The average Bonchev–Trinajstić information content (AvgIpc) is 2.83. The van der Waals surface area contributed by atoms with Gasteiger partial charge in [-0.1, -0.05) is 11.8 Å². The quantitative estimate of drug-likeness (QED) is 0.582. The van der Waals surface area contributed by atoms with Crippen molar-refractivity contribution < 1.29 is 9.66 Å². The van der Waals surface area contributed by atoms with Crippen LogP contribution in [-0.2, 0) is 4.74 Å². The fourth-order valence-electron chi connectivity index (χ4n) is 2.93. The number of ether oxygens (including phenoxy) is 1. The highest BCUT2D eigenvalue weighted by Crippen LogP contribution is 2.33. The minimum atomic E-state index is -0.350. The van der Waals surface area contributed by atoms with E-state index in [4.69, 9.17) is 9.73 Å². The number of hydrogen-bond donors (Lipinski definition) is 0. The molecule has 1 aromatic rings. The van der Waals surface area contributed by atoms with E-state index in [0.29, 0.717) is 5.56 Å². The van der Waals surface area contributed by atoms with Crippen molar-refractivity contribution in [2.75, 3.05) is 12.8 Å². The Morgan fingerprint density at radius 2 is 2.00 bits per heavy atom. The Balaban J connectivity index is 2.23. The van der Waals surface area contributed by atoms with Crippen molar-refractivity contribution in [2.45, 2.75) is 59.3 Å². The summed E-state index contributed by atoms with van der Waals surface area (Å²) in [5.41, 5.74) is 2.25. The molecule has 1 aliphatic rings. The first kappa shape index (κ1) is 19.7. The summed E-state index contributed by atoms with van der Waals surface area (Å²) in [6, 6.07) is 3.51. The fraction of sp³-hybridized carbons (Fsp3) is 0.611. The molecule has 0 aromatic heterocycles. The monoisotopic (exact) mass is 365 g/mol. The van der Waals surface area contributed by atoms with E-state index >= 15 is 0 Å². The van der Waals surface area contributed by atoms with Crippen LogP contribution >= 0.6 is 11.8 Å². The Kier molecular flexibility index (Phi) is 5.79. The molecule has 0 N–H and O–H groups in total. The predicted octanol–water partition coefficient (Wildman–Crippen LogP) is 4.45. The minimum absolute atomic E-state index is 0.0879. The van der Waals surface area contributed by atoms with Crippen molar-refractivity contribution >= 4 is 28.3 Å². The van der Waals surface area contributed by atoms with Gasteiger partial charge in [0.2, 0.25) is 0 Å². The third kappa shape index (κ3) is 4.52. The summed E-state index contributed by atoms with van der Waals surface area (Å²) in [7, 11) is 2.03. The van der Waals surface area contributed by atoms with E-state index in [9.17, 15) is 10.1 Å². The summed E-state index contributed by atoms with van der Waals surface area (Å²) < 4.78 is 6.09. The van der Waals surface area contributed by atoms with Crippen molar-refractivity contribution in [1.29, 1.82) is 0 Å². The lowest BCUT2D eigenvalue weighted by Crippen LogP contribution is -2.42. The number of nitrogens with zero attached hydrogens (tertiary/aromatic N) is 3. The van der Waals surface area contributed by atoms with Gasteiger partial charge in [0.1, 0.15) is 0 Å². The summed E-state index contributed by atoms with van der Waals surface area (Å²) in [6.45, 7) is 11.9. The topological polar surface area (TPSA) is 68.0 Å². The van der Waals surface area contributed by atoms with Crippen molar-refractivity contribution in [3.8, 4) is 0 Å². The maximum atomic E-state index is 11.1. The van der Waals surface area contributed by atoms with Gasteiger partial charge >= 0.3 is 0 Å². The molecule has 0 spiro atoms. The van der Waals surface area contributed by atoms with Gasteiger partial charge in [0.05, 0.1) is 28.4 Å². The number of aliphatic imine (C=N–C) groups is 1. The first-order chi connectivity index (χ1) is 11.5. The molecule has 0 amide bonds. The Bertz CT molecular complexity index is 698. The van der Waals surface area contributed by atoms with Crippen molar-refractivity contribution in [1.82, 2.24) is 4.90 Å². The van der Waals surface area contributed by atoms with E-state index < -0.39 is 0 Å². The molecule has 0 aliphatic carbocycles. The summed E-state index contributed by atoms with van der Waals surface area (Å²) in [5.74, 6) is 0.914. The van der Waals surface area contributed by atoms with Crippen LogP contribution in [-0.4, -0.2) is 45.5 Å². The van der Waals surface area contributed by atoms with Crippen LogP contribution in [0.3, 0.4) is 0 Å². The lowest BCUT2D eigenvalue weighted by molar-refractivity contribution is -0.385. The number of nitro benzene ring substituents is 1. The third-order valence-corrected chi connectivity index (χ3v) is 5.55. The molecule has 138 valence electrons. The number of hydrogen-bond acceptors (Lipinski definition) is 5. The van der Waals surface area contributed by atoms with Crippen molar-refractivity contribution in [3.05, 3.63) is 33.4 Å². The summed E-state index contributed by atoms with van der Waals surface area (Å²) in [6.07, 6.45) is 0.0879. The van der Waals surface area contributed by atoms with E-state index in [1.807, 2.05) is 14.0 Å². The smallest absolute Gasteiger partial charge is 0.272 e. The first-order valence-electron chi connectivity index (χ1n) is 8.38. The zero-order chi connectivity index (χ0) is 18.9. The molecule has 0 bridgehead atoms. The van der Waals surface area contributed by atoms with Crippen molar-refractivity contribution in [3.63, 3.8) is 0 Å². The number of benzene rings is 1. The van der Waals surface area contributed by atoms with E-state index in [2.05, 4.69) is 32.6 Å². The summed E-state index contributed by atoms with van der Waals surface area (Å²) >= 11 is 1.69. The van der Waals surface area contributed by atoms with E-state index in [-0.39, 0.29) is 28.4 Å².